The second kappa shape index (κ2) is 3.01. The van der Waals surface area contributed by atoms with Crippen LogP contribution in [0.3, 0.4) is 0 Å². The van der Waals surface area contributed by atoms with Gasteiger partial charge in [0.05, 0.1) is 0 Å². The molecule has 12 heavy (non-hydrogen) atoms. The van der Waals surface area contributed by atoms with E-state index in [0.29, 0.717) is 12.2 Å². The van der Waals surface area contributed by atoms with Crippen LogP contribution in [0.4, 0.5) is 4.79 Å². The lowest BCUT2D eigenvalue weighted by atomic mass is 10.1. The molecule has 1 aliphatic heterocycles. The quantitative estimate of drug-likeness (QED) is 0.469. The van der Waals surface area contributed by atoms with Crippen molar-refractivity contribution < 1.29 is 14.3 Å². The summed E-state index contributed by atoms with van der Waals surface area (Å²) >= 11 is 0. The Labute approximate surface area is 71.7 Å². The molecule has 0 aromatic carbocycles. The van der Waals surface area contributed by atoms with Crippen LogP contribution in [0.25, 0.3) is 0 Å². The number of ether oxygens (including phenoxy) is 2. The lowest BCUT2D eigenvalue weighted by Gasteiger charge is -2.13. The van der Waals surface area contributed by atoms with Gasteiger partial charge in [0.1, 0.15) is 0 Å². The van der Waals surface area contributed by atoms with Crippen LogP contribution in [0.1, 0.15) is 20.3 Å². The van der Waals surface area contributed by atoms with Gasteiger partial charge < -0.3 is 9.47 Å². The molecule has 0 radical (unpaired) electrons. The van der Waals surface area contributed by atoms with Gasteiger partial charge in [-0.25, -0.2) is 4.79 Å². The maximum absolute atomic E-state index is 10.7. The van der Waals surface area contributed by atoms with Crippen LogP contribution in [0, 0.1) is 0 Å². The van der Waals surface area contributed by atoms with E-state index in [2.05, 4.69) is 6.58 Å². The van der Waals surface area contributed by atoms with Gasteiger partial charge in [-0.3, -0.25) is 0 Å². The number of cyclic esters (lactones) is 2. The molecule has 3 heteroatoms. The van der Waals surface area contributed by atoms with Gasteiger partial charge in [0.25, 0.3) is 0 Å². The molecule has 0 bridgehead atoms. The predicted octanol–water partition coefficient (Wildman–Crippen LogP) is 2.39. The first-order chi connectivity index (χ1) is 5.56. The minimum atomic E-state index is -0.629. The summed E-state index contributed by atoms with van der Waals surface area (Å²) in [5.74, 6) is 0.562. The second-order valence-electron chi connectivity index (χ2n) is 3.06. The van der Waals surface area contributed by atoms with Crippen molar-refractivity contribution in [2.45, 2.75) is 25.9 Å². The van der Waals surface area contributed by atoms with Crippen LogP contribution in [0.2, 0.25) is 0 Å². The van der Waals surface area contributed by atoms with Crippen LogP contribution in [-0.2, 0) is 9.47 Å². The van der Waals surface area contributed by atoms with Crippen molar-refractivity contribution in [3.8, 4) is 0 Å². The maximum atomic E-state index is 10.7. The highest BCUT2D eigenvalue weighted by Crippen LogP contribution is 2.29. The molecule has 1 heterocycles. The zero-order valence-electron chi connectivity index (χ0n) is 7.29. The lowest BCUT2D eigenvalue weighted by Crippen LogP contribution is -2.20. The summed E-state index contributed by atoms with van der Waals surface area (Å²) in [5.41, 5.74) is -0.625. The molecule has 1 aliphatic rings. The Morgan fingerprint density at radius 3 is 2.67 bits per heavy atom. The van der Waals surface area contributed by atoms with Crippen LogP contribution in [0.15, 0.2) is 24.5 Å². The van der Waals surface area contributed by atoms with Gasteiger partial charge in [0, 0.05) is 0 Å². The summed E-state index contributed by atoms with van der Waals surface area (Å²) in [6, 6.07) is 0. The maximum Gasteiger partial charge on any atom is 0.514 e. The minimum absolute atomic E-state index is 0.562. The summed E-state index contributed by atoms with van der Waals surface area (Å²) in [7, 11) is 0. The minimum Gasteiger partial charge on any atom is -0.420 e. The highest BCUT2D eigenvalue weighted by Gasteiger charge is 2.38. The van der Waals surface area contributed by atoms with E-state index in [9.17, 15) is 4.79 Å². The van der Waals surface area contributed by atoms with Crippen molar-refractivity contribution in [1.82, 2.24) is 0 Å². The van der Waals surface area contributed by atoms with E-state index in [-0.39, 0.29) is 0 Å². The van der Waals surface area contributed by atoms with Crippen LogP contribution < -0.4 is 0 Å². The van der Waals surface area contributed by atoms with Crippen molar-refractivity contribution >= 4 is 6.16 Å². The molecule has 1 saturated heterocycles. The molecule has 3 nitrogen and oxygen atoms in total. The SMILES string of the molecule is C=CC/C=C1/OC(=O)OC1(C)C. The van der Waals surface area contributed by atoms with Gasteiger partial charge >= 0.3 is 6.16 Å². The lowest BCUT2D eigenvalue weighted by molar-refractivity contribution is 0.0872. The normalized spacial score (nSPS) is 23.5. The molecule has 0 atom stereocenters. The molecule has 0 aliphatic carbocycles. The predicted molar refractivity (Wildman–Crippen MR) is 44.5 cm³/mol. The molecule has 66 valence electrons. The fourth-order valence-electron chi connectivity index (χ4n) is 0.970. The molecular formula is C9H12O3. The van der Waals surface area contributed by atoms with Gasteiger partial charge in [-0.1, -0.05) is 6.08 Å². The third kappa shape index (κ3) is 1.67. The molecule has 0 spiro atoms. The monoisotopic (exact) mass is 168 g/mol. The van der Waals surface area contributed by atoms with Crippen molar-refractivity contribution in [3.05, 3.63) is 24.5 Å². The zero-order chi connectivity index (χ0) is 9.19. The average molecular weight is 168 g/mol. The van der Waals surface area contributed by atoms with Gasteiger partial charge in [0.15, 0.2) is 11.4 Å². The number of carbonyl (C=O) groups excluding carboxylic acids is 1. The summed E-state index contributed by atoms with van der Waals surface area (Å²) in [6.45, 7) is 7.13. The van der Waals surface area contributed by atoms with E-state index in [1.807, 2.05) is 0 Å². The number of rotatable bonds is 2. The molecule has 1 rings (SSSR count). The smallest absolute Gasteiger partial charge is 0.420 e. The largest absolute Gasteiger partial charge is 0.514 e. The fraction of sp³-hybridized carbons (Fsp3) is 0.444. The second-order valence-corrected chi connectivity index (χ2v) is 3.06. The Kier molecular flexibility index (Phi) is 2.22. The molecule has 0 unspecified atom stereocenters. The van der Waals surface area contributed by atoms with Crippen LogP contribution in [0.5, 0.6) is 0 Å². The number of allylic oxidation sites excluding steroid dienone is 2. The summed E-state index contributed by atoms with van der Waals surface area (Å²) in [6.07, 6.45) is 3.57. The molecule has 1 fully saturated rings. The van der Waals surface area contributed by atoms with E-state index >= 15 is 0 Å². The topological polar surface area (TPSA) is 35.5 Å². The molecule has 0 amide bonds. The molecule has 0 saturated carbocycles. The number of carbonyl (C=O) groups is 1. The Morgan fingerprint density at radius 2 is 2.25 bits per heavy atom. The van der Waals surface area contributed by atoms with Crippen LogP contribution in [-0.4, -0.2) is 11.8 Å². The highest BCUT2D eigenvalue weighted by atomic mass is 16.8. The van der Waals surface area contributed by atoms with Crippen LogP contribution >= 0.6 is 0 Å². The van der Waals surface area contributed by atoms with Crippen molar-refractivity contribution in [2.24, 2.45) is 0 Å². The van der Waals surface area contributed by atoms with E-state index in [1.54, 1.807) is 26.0 Å². The summed E-state index contributed by atoms with van der Waals surface area (Å²) < 4.78 is 9.73. The van der Waals surface area contributed by atoms with Crippen molar-refractivity contribution in [1.29, 1.82) is 0 Å². The third-order valence-electron chi connectivity index (χ3n) is 1.60. The standard InChI is InChI=1S/C9H12O3/c1-4-5-6-7-9(2,3)12-8(10)11-7/h4,6H,1,5H2,2-3H3/b7-6+. The Morgan fingerprint density at radius 1 is 1.58 bits per heavy atom. The molecule has 0 aromatic heterocycles. The molecule has 0 aromatic rings. The van der Waals surface area contributed by atoms with Gasteiger partial charge in [-0.05, 0) is 26.3 Å². The highest BCUT2D eigenvalue weighted by molar-refractivity contribution is 5.66. The van der Waals surface area contributed by atoms with Crippen molar-refractivity contribution in [2.75, 3.05) is 0 Å². The van der Waals surface area contributed by atoms with Crippen molar-refractivity contribution in [3.63, 3.8) is 0 Å². The van der Waals surface area contributed by atoms with E-state index in [4.69, 9.17) is 9.47 Å². The first-order valence-corrected chi connectivity index (χ1v) is 3.78. The van der Waals surface area contributed by atoms with E-state index in [0.717, 1.165) is 0 Å². The van der Waals surface area contributed by atoms with Gasteiger partial charge in [-0.15, -0.1) is 6.58 Å². The van der Waals surface area contributed by atoms with Gasteiger partial charge in [-0.2, -0.15) is 0 Å². The van der Waals surface area contributed by atoms with E-state index in [1.165, 1.54) is 0 Å². The first kappa shape index (κ1) is 8.84. The third-order valence-corrected chi connectivity index (χ3v) is 1.60. The molecular weight excluding hydrogens is 156 g/mol. The Hall–Kier alpha value is -1.25. The average Bonchev–Trinajstić information content (AvgIpc) is 2.20. The Balaban J connectivity index is 2.77. The first-order valence-electron chi connectivity index (χ1n) is 3.78. The van der Waals surface area contributed by atoms with Gasteiger partial charge in [0.2, 0.25) is 0 Å². The zero-order valence-corrected chi connectivity index (χ0v) is 7.29. The van der Waals surface area contributed by atoms with E-state index < -0.39 is 11.8 Å². The Bertz CT molecular complexity index is 238. The number of hydrogen-bond acceptors (Lipinski definition) is 3. The molecule has 0 N–H and O–H groups in total. The summed E-state index contributed by atoms with van der Waals surface area (Å²) in [4.78, 5) is 10.7. The number of hydrogen-bond donors (Lipinski definition) is 0. The fourth-order valence-corrected chi connectivity index (χ4v) is 0.970. The summed E-state index contributed by atoms with van der Waals surface area (Å²) in [5, 5.41) is 0.